The van der Waals surface area contributed by atoms with Crippen molar-refractivity contribution in [2.24, 2.45) is 0 Å². The normalized spacial score (nSPS) is 15.8. The Morgan fingerprint density at radius 1 is 1.15 bits per heavy atom. The Hall–Kier alpha value is -2.39. The fourth-order valence-corrected chi connectivity index (χ4v) is 5.50. The molecule has 0 spiro atoms. The molecule has 1 aliphatic rings. The molecule has 6 nitrogen and oxygen atoms in total. The first kappa shape index (κ1) is 22.4. The number of rotatable bonds is 8. The van der Waals surface area contributed by atoms with E-state index >= 15 is 0 Å². The van der Waals surface area contributed by atoms with Crippen LogP contribution in [0.3, 0.4) is 0 Å². The average Bonchev–Trinajstić information content (AvgIpc) is 3.57. The van der Waals surface area contributed by atoms with Crippen molar-refractivity contribution >= 4 is 45.5 Å². The third kappa shape index (κ3) is 5.58. The molecule has 2 aromatic carbocycles. The van der Waals surface area contributed by atoms with Gasteiger partial charge in [0.05, 0.1) is 18.3 Å². The molecule has 1 saturated heterocycles. The van der Waals surface area contributed by atoms with Crippen LogP contribution in [0.15, 0.2) is 59.1 Å². The lowest BCUT2D eigenvalue weighted by molar-refractivity contribution is 0.0953. The maximum absolute atomic E-state index is 6.08. The smallest absolute Gasteiger partial charge is 0.191 e. The van der Waals surface area contributed by atoms with Crippen molar-refractivity contribution in [2.45, 2.75) is 43.3 Å². The van der Waals surface area contributed by atoms with Gasteiger partial charge in [-0.3, -0.25) is 4.57 Å². The first-order valence-corrected chi connectivity index (χ1v) is 13.1. The Labute approximate surface area is 206 Å². The van der Waals surface area contributed by atoms with Gasteiger partial charge in [-0.15, -0.1) is 21.5 Å². The van der Waals surface area contributed by atoms with E-state index in [4.69, 9.17) is 21.3 Å². The van der Waals surface area contributed by atoms with Gasteiger partial charge in [0.25, 0.3) is 0 Å². The standard InChI is InChI=1S/C24H24ClN5OS2/c1-16-4-10-19(11-5-16)26-23-27-20(14-32-23)15-33-24-29-28-22(17-6-8-18(25)9-7-17)30(24)13-21-3-2-12-31-21/h4-11,14,21H,2-3,12-13,15H2,1H3,(H,26,27)/t21-/m0/s1. The Morgan fingerprint density at radius 2 is 1.97 bits per heavy atom. The van der Waals surface area contributed by atoms with E-state index in [1.54, 1.807) is 23.1 Å². The van der Waals surface area contributed by atoms with E-state index in [0.29, 0.717) is 5.02 Å². The van der Waals surface area contributed by atoms with E-state index in [-0.39, 0.29) is 6.10 Å². The Kier molecular flexibility index (Phi) is 6.96. The van der Waals surface area contributed by atoms with Crippen LogP contribution in [0.5, 0.6) is 0 Å². The zero-order chi connectivity index (χ0) is 22.6. The molecule has 33 heavy (non-hydrogen) atoms. The third-order valence-electron chi connectivity index (χ3n) is 5.43. The Balaban J connectivity index is 1.31. The number of ether oxygens (including phenoxy) is 1. The van der Waals surface area contributed by atoms with Crippen LogP contribution in [-0.4, -0.2) is 32.5 Å². The van der Waals surface area contributed by atoms with Gasteiger partial charge in [-0.1, -0.05) is 41.1 Å². The summed E-state index contributed by atoms with van der Waals surface area (Å²) in [5.74, 6) is 1.56. The van der Waals surface area contributed by atoms with Gasteiger partial charge in [0.15, 0.2) is 16.1 Å². The van der Waals surface area contributed by atoms with E-state index in [1.165, 1.54) is 5.56 Å². The summed E-state index contributed by atoms with van der Waals surface area (Å²) < 4.78 is 8.06. The zero-order valence-electron chi connectivity index (χ0n) is 18.2. The fourth-order valence-electron chi connectivity index (χ4n) is 3.69. The van der Waals surface area contributed by atoms with Gasteiger partial charge in [-0.2, -0.15) is 0 Å². The predicted molar refractivity (Wildman–Crippen MR) is 136 cm³/mol. The minimum Gasteiger partial charge on any atom is -0.376 e. The van der Waals surface area contributed by atoms with Crippen molar-refractivity contribution in [3.63, 3.8) is 0 Å². The maximum atomic E-state index is 6.08. The SMILES string of the molecule is Cc1ccc(Nc2nc(CSc3nnc(-c4ccc(Cl)cc4)n3C[C@@H]3CCCO3)cs2)cc1. The van der Waals surface area contributed by atoms with E-state index in [2.05, 4.69) is 56.7 Å². The number of aryl methyl sites for hydroxylation is 1. The highest BCUT2D eigenvalue weighted by atomic mass is 35.5. The highest BCUT2D eigenvalue weighted by Gasteiger charge is 2.22. The van der Waals surface area contributed by atoms with Crippen molar-refractivity contribution < 1.29 is 4.74 Å². The molecule has 0 radical (unpaired) electrons. The summed E-state index contributed by atoms with van der Waals surface area (Å²) >= 11 is 9.34. The lowest BCUT2D eigenvalue weighted by atomic mass is 10.2. The molecule has 0 amide bonds. The topological polar surface area (TPSA) is 64.9 Å². The molecule has 1 atom stereocenters. The Morgan fingerprint density at radius 3 is 2.73 bits per heavy atom. The van der Waals surface area contributed by atoms with Gasteiger partial charge in [-0.05, 0) is 56.2 Å². The summed E-state index contributed by atoms with van der Waals surface area (Å²) in [5, 5.41) is 16.9. The van der Waals surface area contributed by atoms with Crippen molar-refractivity contribution in [3.8, 4) is 11.4 Å². The highest BCUT2D eigenvalue weighted by Crippen LogP contribution is 2.30. The highest BCUT2D eigenvalue weighted by molar-refractivity contribution is 7.98. The van der Waals surface area contributed by atoms with Crippen molar-refractivity contribution in [3.05, 3.63) is 70.2 Å². The van der Waals surface area contributed by atoms with Gasteiger partial charge in [-0.25, -0.2) is 4.98 Å². The number of nitrogens with one attached hydrogen (secondary N) is 1. The van der Waals surface area contributed by atoms with Crippen LogP contribution in [-0.2, 0) is 17.0 Å². The van der Waals surface area contributed by atoms with Gasteiger partial charge < -0.3 is 10.1 Å². The zero-order valence-corrected chi connectivity index (χ0v) is 20.6. The van der Waals surface area contributed by atoms with Crippen LogP contribution in [0.25, 0.3) is 11.4 Å². The molecule has 0 bridgehead atoms. The number of hydrogen-bond donors (Lipinski definition) is 1. The molecule has 170 valence electrons. The second kappa shape index (κ2) is 10.3. The number of thioether (sulfide) groups is 1. The molecular weight excluding hydrogens is 474 g/mol. The molecular formula is C24H24ClN5OS2. The second-order valence-electron chi connectivity index (χ2n) is 7.98. The van der Waals surface area contributed by atoms with Gasteiger partial charge >= 0.3 is 0 Å². The first-order valence-electron chi connectivity index (χ1n) is 10.9. The molecule has 0 unspecified atom stereocenters. The van der Waals surface area contributed by atoms with Gasteiger partial charge in [0, 0.05) is 34.0 Å². The minimum atomic E-state index is 0.191. The van der Waals surface area contributed by atoms with Crippen LogP contribution in [0.1, 0.15) is 24.1 Å². The average molecular weight is 498 g/mol. The number of nitrogens with zero attached hydrogens (tertiary/aromatic N) is 4. The molecule has 2 aromatic heterocycles. The summed E-state index contributed by atoms with van der Waals surface area (Å²) in [5.41, 5.74) is 4.29. The second-order valence-corrected chi connectivity index (χ2v) is 10.2. The third-order valence-corrected chi connectivity index (χ3v) is 7.49. The van der Waals surface area contributed by atoms with E-state index in [9.17, 15) is 0 Å². The molecule has 1 aliphatic heterocycles. The van der Waals surface area contributed by atoms with Crippen LogP contribution in [0, 0.1) is 6.92 Å². The largest absolute Gasteiger partial charge is 0.376 e. The minimum absolute atomic E-state index is 0.191. The molecule has 4 aromatic rings. The predicted octanol–water partition coefficient (Wildman–Crippen LogP) is 6.58. The van der Waals surface area contributed by atoms with E-state index < -0.39 is 0 Å². The van der Waals surface area contributed by atoms with Crippen LogP contribution >= 0.6 is 34.7 Å². The molecule has 1 fully saturated rings. The monoisotopic (exact) mass is 497 g/mol. The molecule has 0 saturated carbocycles. The number of benzene rings is 2. The number of aromatic nitrogens is 4. The summed E-state index contributed by atoms with van der Waals surface area (Å²) in [6, 6.07) is 16.0. The summed E-state index contributed by atoms with van der Waals surface area (Å²) in [6.45, 7) is 3.64. The molecule has 0 aliphatic carbocycles. The summed E-state index contributed by atoms with van der Waals surface area (Å²) in [4.78, 5) is 4.74. The Bertz CT molecular complexity index is 1200. The number of halogens is 1. The number of anilines is 2. The molecule has 9 heteroatoms. The quantitative estimate of drug-likeness (QED) is 0.277. The number of thiazole rings is 1. The lowest BCUT2D eigenvalue weighted by Gasteiger charge is -2.14. The summed E-state index contributed by atoms with van der Waals surface area (Å²) in [7, 11) is 0. The fraction of sp³-hybridized carbons (Fsp3) is 0.292. The van der Waals surface area contributed by atoms with E-state index in [0.717, 1.165) is 64.8 Å². The van der Waals surface area contributed by atoms with Crippen molar-refractivity contribution in [1.29, 1.82) is 0 Å². The maximum Gasteiger partial charge on any atom is 0.191 e. The molecule has 5 rings (SSSR count). The number of hydrogen-bond acceptors (Lipinski definition) is 7. The van der Waals surface area contributed by atoms with Crippen LogP contribution < -0.4 is 5.32 Å². The van der Waals surface area contributed by atoms with Crippen molar-refractivity contribution in [1.82, 2.24) is 19.7 Å². The van der Waals surface area contributed by atoms with Crippen molar-refractivity contribution in [2.75, 3.05) is 11.9 Å². The van der Waals surface area contributed by atoms with Crippen LogP contribution in [0.4, 0.5) is 10.8 Å². The first-order chi connectivity index (χ1) is 16.1. The van der Waals surface area contributed by atoms with E-state index in [1.807, 2.05) is 24.3 Å². The van der Waals surface area contributed by atoms with Crippen LogP contribution in [0.2, 0.25) is 5.02 Å². The summed E-state index contributed by atoms with van der Waals surface area (Å²) in [6.07, 6.45) is 2.35. The molecule has 3 heterocycles. The van der Waals surface area contributed by atoms with Gasteiger partial charge in [0.1, 0.15) is 0 Å². The van der Waals surface area contributed by atoms with Gasteiger partial charge in [0.2, 0.25) is 0 Å². The molecule has 1 N–H and O–H groups in total. The lowest BCUT2D eigenvalue weighted by Crippen LogP contribution is -2.16.